The first kappa shape index (κ1) is 11.2. The Balaban J connectivity index is 2.02. The van der Waals surface area contributed by atoms with E-state index in [2.05, 4.69) is 12.2 Å². The van der Waals surface area contributed by atoms with Crippen LogP contribution in [0.4, 0.5) is 4.79 Å². The highest BCUT2D eigenvalue weighted by molar-refractivity contribution is 5.85. The summed E-state index contributed by atoms with van der Waals surface area (Å²) in [6, 6.07) is 0.281. The van der Waals surface area contributed by atoms with E-state index in [9.17, 15) is 9.59 Å². The summed E-state index contributed by atoms with van der Waals surface area (Å²) in [4.78, 5) is 24.1. The van der Waals surface area contributed by atoms with Crippen molar-refractivity contribution in [2.24, 2.45) is 5.41 Å². The topological polar surface area (TPSA) is 69.6 Å². The summed E-state index contributed by atoms with van der Waals surface area (Å²) in [7, 11) is 0. The molecule has 0 aliphatic carbocycles. The maximum absolute atomic E-state index is 11.9. The van der Waals surface area contributed by atoms with Crippen molar-refractivity contribution in [1.29, 1.82) is 0 Å². The van der Waals surface area contributed by atoms with Crippen LogP contribution in [-0.4, -0.2) is 41.1 Å². The van der Waals surface area contributed by atoms with Gasteiger partial charge in [0.25, 0.3) is 0 Å². The first-order valence-electron chi connectivity index (χ1n) is 5.86. The lowest BCUT2D eigenvalue weighted by Crippen LogP contribution is -2.45. The van der Waals surface area contributed by atoms with Gasteiger partial charge in [0, 0.05) is 19.1 Å². The molecule has 2 aliphatic heterocycles. The Morgan fingerprint density at radius 3 is 2.62 bits per heavy atom. The van der Waals surface area contributed by atoms with Crippen LogP contribution < -0.4 is 5.32 Å². The van der Waals surface area contributed by atoms with Crippen molar-refractivity contribution in [2.45, 2.75) is 38.6 Å². The summed E-state index contributed by atoms with van der Waals surface area (Å²) < 4.78 is 0. The molecule has 2 N–H and O–H groups in total. The molecular weight excluding hydrogens is 208 g/mol. The number of hydrogen-bond donors (Lipinski definition) is 2. The van der Waals surface area contributed by atoms with E-state index in [-0.39, 0.29) is 17.4 Å². The summed E-state index contributed by atoms with van der Waals surface area (Å²) in [5.74, 6) is 0.129. The van der Waals surface area contributed by atoms with Crippen LogP contribution in [0.2, 0.25) is 0 Å². The minimum absolute atomic E-state index is 0.129. The third kappa shape index (κ3) is 1.74. The van der Waals surface area contributed by atoms with Crippen LogP contribution in [-0.2, 0) is 4.79 Å². The Bertz CT molecular complexity index is 308. The molecule has 0 bridgehead atoms. The van der Waals surface area contributed by atoms with Gasteiger partial charge in [0.05, 0.1) is 5.41 Å². The van der Waals surface area contributed by atoms with Gasteiger partial charge in [-0.15, -0.1) is 0 Å². The number of hydrogen-bond acceptors (Lipinski definition) is 2. The van der Waals surface area contributed by atoms with Gasteiger partial charge >= 0.3 is 6.09 Å². The first-order chi connectivity index (χ1) is 7.57. The van der Waals surface area contributed by atoms with Crippen LogP contribution in [0.15, 0.2) is 0 Å². The van der Waals surface area contributed by atoms with Crippen molar-refractivity contribution >= 4 is 12.0 Å². The average molecular weight is 226 g/mol. The molecule has 1 spiro atoms. The molecule has 2 amide bonds. The minimum atomic E-state index is -0.875. The van der Waals surface area contributed by atoms with Crippen molar-refractivity contribution in [1.82, 2.24) is 10.2 Å². The average Bonchev–Trinajstić information content (AvgIpc) is 2.57. The number of likely N-dealkylation sites (tertiary alicyclic amines) is 1. The molecule has 1 unspecified atom stereocenters. The van der Waals surface area contributed by atoms with E-state index in [1.165, 1.54) is 4.90 Å². The largest absolute Gasteiger partial charge is 0.465 e. The normalized spacial score (nSPS) is 28.2. The molecular formula is C11H18N2O3. The standard InChI is InChI=1S/C11H18N2O3/c1-2-8-7-11(9(14)12-8)3-5-13(6-4-11)10(15)16/h8H,2-7H2,1H3,(H,12,14)(H,15,16). The zero-order chi connectivity index (χ0) is 11.8. The predicted molar refractivity (Wildman–Crippen MR) is 58.1 cm³/mol. The fraction of sp³-hybridized carbons (Fsp3) is 0.818. The second kappa shape index (κ2) is 3.96. The maximum atomic E-state index is 11.9. The van der Waals surface area contributed by atoms with E-state index in [4.69, 9.17) is 5.11 Å². The van der Waals surface area contributed by atoms with Crippen molar-refractivity contribution in [3.8, 4) is 0 Å². The lowest BCUT2D eigenvalue weighted by atomic mass is 9.76. The van der Waals surface area contributed by atoms with E-state index in [1.54, 1.807) is 0 Å². The van der Waals surface area contributed by atoms with Crippen molar-refractivity contribution in [2.75, 3.05) is 13.1 Å². The lowest BCUT2D eigenvalue weighted by molar-refractivity contribution is -0.129. The molecule has 5 nitrogen and oxygen atoms in total. The highest BCUT2D eigenvalue weighted by Crippen LogP contribution is 2.40. The molecule has 16 heavy (non-hydrogen) atoms. The molecule has 0 aromatic rings. The zero-order valence-electron chi connectivity index (χ0n) is 9.53. The van der Waals surface area contributed by atoms with Gasteiger partial charge in [-0.25, -0.2) is 4.79 Å². The zero-order valence-corrected chi connectivity index (χ0v) is 9.53. The molecule has 90 valence electrons. The quantitative estimate of drug-likeness (QED) is 0.702. The first-order valence-corrected chi connectivity index (χ1v) is 5.86. The van der Waals surface area contributed by atoms with E-state index in [0.29, 0.717) is 25.9 Å². The van der Waals surface area contributed by atoms with E-state index < -0.39 is 6.09 Å². The summed E-state index contributed by atoms with van der Waals surface area (Å²) in [5.41, 5.74) is -0.285. The predicted octanol–water partition coefficient (Wildman–Crippen LogP) is 1.05. The summed E-state index contributed by atoms with van der Waals surface area (Å²) in [5, 5.41) is 11.9. The Kier molecular flexibility index (Phi) is 2.78. The SMILES string of the molecule is CCC1CC2(CCN(C(=O)O)CC2)C(=O)N1. The maximum Gasteiger partial charge on any atom is 0.407 e. The van der Waals surface area contributed by atoms with E-state index in [0.717, 1.165) is 12.8 Å². The van der Waals surface area contributed by atoms with Gasteiger partial charge in [-0.2, -0.15) is 0 Å². The van der Waals surface area contributed by atoms with E-state index >= 15 is 0 Å². The molecule has 5 heteroatoms. The molecule has 0 aromatic heterocycles. The fourth-order valence-electron chi connectivity index (χ4n) is 2.76. The van der Waals surface area contributed by atoms with Crippen LogP contribution in [0, 0.1) is 5.41 Å². The molecule has 2 saturated heterocycles. The second-order valence-electron chi connectivity index (χ2n) is 4.83. The van der Waals surface area contributed by atoms with Gasteiger partial charge in [0.15, 0.2) is 0 Å². The summed E-state index contributed by atoms with van der Waals surface area (Å²) in [6.07, 6.45) is 2.29. The highest BCUT2D eigenvalue weighted by atomic mass is 16.4. The number of nitrogens with zero attached hydrogens (tertiary/aromatic N) is 1. The van der Waals surface area contributed by atoms with Crippen LogP contribution in [0.3, 0.4) is 0 Å². The summed E-state index contributed by atoms with van der Waals surface area (Å²) in [6.45, 7) is 3.04. The van der Waals surface area contributed by atoms with Crippen LogP contribution in [0.1, 0.15) is 32.6 Å². The van der Waals surface area contributed by atoms with Crippen LogP contribution in [0.25, 0.3) is 0 Å². The minimum Gasteiger partial charge on any atom is -0.465 e. The number of amides is 2. The molecule has 1 atom stereocenters. The molecule has 0 saturated carbocycles. The van der Waals surface area contributed by atoms with Gasteiger partial charge in [-0.3, -0.25) is 4.79 Å². The van der Waals surface area contributed by atoms with Gasteiger partial charge < -0.3 is 15.3 Å². The van der Waals surface area contributed by atoms with Crippen molar-refractivity contribution in [3.05, 3.63) is 0 Å². The Hall–Kier alpha value is -1.26. The number of carboxylic acid groups (broad SMARTS) is 1. The molecule has 2 aliphatic rings. The van der Waals surface area contributed by atoms with Gasteiger partial charge in [-0.05, 0) is 25.7 Å². The second-order valence-corrected chi connectivity index (χ2v) is 4.83. The Labute approximate surface area is 94.8 Å². The molecule has 0 aromatic carbocycles. The van der Waals surface area contributed by atoms with Crippen LogP contribution in [0.5, 0.6) is 0 Å². The monoisotopic (exact) mass is 226 g/mol. The highest BCUT2D eigenvalue weighted by Gasteiger charge is 2.48. The summed E-state index contributed by atoms with van der Waals surface area (Å²) >= 11 is 0. The van der Waals surface area contributed by atoms with Crippen molar-refractivity contribution < 1.29 is 14.7 Å². The third-order valence-electron chi connectivity index (χ3n) is 3.94. The van der Waals surface area contributed by atoms with E-state index in [1.807, 2.05) is 0 Å². The molecule has 2 fully saturated rings. The Morgan fingerprint density at radius 2 is 2.19 bits per heavy atom. The fourth-order valence-corrected chi connectivity index (χ4v) is 2.76. The molecule has 2 rings (SSSR count). The number of carbonyl (C=O) groups is 2. The number of piperidine rings is 1. The molecule has 2 heterocycles. The van der Waals surface area contributed by atoms with Gasteiger partial charge in [0.1, 0.15) is 0 Å². The molecule has 0 radical (unpaired) electrons. The number of rotatable bonds is 1. The van der Waals surface area contributed by atoms with Gasteiger partial charge in [-0.1, -0.05) is 6.92 Å². The third-order valence-corrected chi connectivity index (χ3v) is 3.94. The smallest absolute Gasteiger partial charge is 0.407 e. The van der Waals surface area contributed by atoms with Crippen LogP contribution >= 0.6 is 0 Å². The Morgan fingerprint density at radius 1 is 1.56 bits per heavy atom. The number of carbonyl (C=O) groups excluding carboxylic acids is 1. The van der Waals surface area contributed by atoms with Gasteiger partial charge in [0.2, 0.25) is 5.91 Å². The number of nitrogens with one attached hydrogen (secondary N) is 1. The van der Waals surface area contributed by atoms with Crippen molar-refractivity contribution in [3.63, 3.8) is 0 Å². The lowest BCUT2D eigenvalue weighted by Gasteiger charge is -2.36.